The first-order chi connectivity index (χ1) is 8.48. The number of hydrogen-bond acceptors (Lipinski definition) is 2. The molecule has 0 aromatic heterocycles. The Kier molecular flexibility index (Phi) is 3.22. The molecule has 4 aliphatic carbocycles. The highest BCUT2D eigenvalue weighted by Crippen LogP contribution is 2.54. The minimum Gasteiger partial charge on any atom is -0.314 e. The molecule has 0 aliphatic heterocycles. The van der Waals surface area contributed by atoms with Gasteiger partial charge >= 0.3 is 0 Å². The van der Waals surface area contributed by atoms with Crippen LogP contribution in [0.1, 0.15) is 46.0 Å². The fourth-order valence-electron chi connectivity index (χ4n) is 5.42. The largest absolute Gasteiger partial charge is 0.314 e. The highest BCUT2D eigenvalue weighted by Gasteiger charge is 2.49. The fraction of sp³-hybridized carbons (Fsp3) is 1.00. The van der Waals surface area contributed by atoms with Crippen molar-refractivity contribution in [2.24, 2.45) is 23.7 Å². The Morgan fingerprint density at radius 3 is 1.94 bits per heavy atom. The number of rotatable bonds is 4. The van der Waals surface area contributed by atoms with Crippen molar-refractivity contribution in [1.29, 1.82) is 0 Å². The third kappa shape index (κ3) is 2.22. The Morgan fingerprint density at radius 1 is 1.00 bits per heavy atom. The second-order valence-corrected chi connectivity index (χ2v) is 7.97. The summed E-state index contributed by atoms with van der Waals surface area (Å²) in [5.41, 5.74) is 0.239. The lowest BCUT2D eigenvalue weighted by molar-refractivity contribution is -0.0620. The molecule has 4 fully saturated rings. The second-order valence-electron chi connectivity index (χ2n) is 7.97. The van der Waals surface area contributed by atoms with E-state index in [-0.39, 0.29) is 5.54 Å². The van der Waals surface area contributed by atoms with Gasteiger partial charge in [0.15, 0.2) is 0 Å². The van der Waals surface area contributed by atoms with Crippen LogP contribution in [0.5, 0.6) is 0 Å². The Labute approximate surface area is 113 Å². The van der Waals surface area contributed by atoms with Crippen LogP contribution in [-0.4, -0.2) is 37.1 Å². The summed E-state index contributed by atoms with van der Waals surface area (Å²) in [6.45, 7) is 5.82. The molecule has 0 radical (unpaired) electrons. The highest BCUT2D eigenvalue weighted by atomic mass is 15.2. The van der Waals surface area contributed by atoms with Crippen molar-refractivity contribution < 1.29 is 0 Å². The van der Waals surface area contributed by atoms with Gasteiger partial charge in [0.1, 0.15) is 0 Å². The first kappa shape index (κ1) is 12.9. The Hall–Kier alpha value is -0.0800. The molecule has 0 heterocycles. The van der Waals surface area contributed by atoms with Crippen LogP contribution in [0.3, 0.4) is 0 Å². The van der Waals surface area contributed by atoms with Crippen LogP contribution in [0.4, 0.5) is 0 Å². The van der Waals surface area contributed by atoms with E-state index in [9.17, 15) is 0 Å². The minimum absolute atomic E-state index is 0.239. The quantitative estimate of drug-likeness (QED) is 0.825. The van der Waals surface area contributed by atoms with Gasteiger partial charge in [-0.1, -0.05) is 0 Å². The van der Waals surface area contributed by atoms with Crippen LogP contribution in [0.15, 0.2) is 0 Å². The standard InChI is InChI=1S/C16H30N2/c1-16(2,17-3)10-18(4)15-13-6-11-5-12(8-13)9-14(15)7-11/h11-15,17H,5-10H2,1-4H3. The Balaban J connectivity index is 1.69. The van der Waals surface area contributed by atoms with Gasteiger partial charge in [0, 0.05) is 18.1 Å². The third-order valence-electron chi connectivity index (χ3n) is 6.01. The topological polar surface area (TPSA) is 15.3 Å². The molecule has 0 aromatic carbocycles. The summed E-state index contributed by atoms with van der Waals surface area (Å²) in [6.07, 6.45) is 7.68. The predicted octanol–water partition coefficient (Wildman–Crippen LogP) is 2.74. The molecule has 0 aromatic rings. The number of nitrogens with zero attached hydrogens (tertiary/aromatic N) is 1. The number of nitrogens with one attached hydrogen (secondary N) is 1. The average molecular weight is 250 g/mol. The van der Waals surface area contributed by atoms with Crippen molar-refractivity contribution in [2.45, 2.75) is 57.5 Å². The van der Waals surface area contributed by atoms with Gasteiger partial charge in [-0.3, -0.25) is 0 Å². The first-order valence-corrected chi connectivity index (χ1v) is 7.87. The van der Waals surface area contributed by atoms with Gasteiger partial charge < -0.3 is 10.2 Å². The van der Waals surface area contributed by atoms with Crippen LogP contribution in [0, 0.1) is 23.7 Å². The van der Waals surface area contributed by atoms with E-state index < -0.39 is 0 Å². The third-order valence-corrected chi connectivity index (χ3v) is 6.01. The van der Waals surface area contributed by atoms with Gasteiger partial charge in [0.05, 0.1) is 0 Å². The molecule has 1 N–H and O–H groups in total. The highest BCUT2D eigenvalue weighted by molar-refractivity contribution is 5.02. The van der Waals surface area contributed by atoms with Crippen molar-refractivity contribution in [2.75, 3.05) is 20.6 Å². The SMILES string of the molecule is CNC(C)(C)CN(C)C1C2CC3CC(C2)CC1C3. The van der Waals surface area contributed by atoms with Crippen LogP contribution in [0.2, 0.25) is 0 Å². The van der Waals surface area contributed by atoms with E-state index in [2.05, 4.69) is 38.2 Å². The summed E-state index contributed by atoms with van der Waals surface area (Å²) in [6, 6.07) is 0.880. The molecular weight excluding hydrogens is 220 g/mol. The van der Waals surface area contributed by atoms with Gasteiger partial charge in [-0.2, -0.15) is 0 Å². The van der Waals surface area contributed by atoms with E-state index in [1.165, 1.54) is 32.2 Å². The normalized spacial score (nSPS) is 42.8. The molecule has 4 rings (SSSR count). The lowest BCUT2D eigenvalue weighted by Crippen LogP contribution is -2.58. The maximum atomic E-state index is 3.45. The molecule has 4 aliphatic rings. The summed E-state index contributed by atoms with van der Waals surface area (Å²) < 4.78 is 0. The van der Waals surface area contributed by atoms with Crippen molar-refractivity contribution in [1.82, 2.24) is 10.2 Å². The van der Waals surface area contributed by atoms with Crippen molar-refractivity contribution in [3.05, 3.63) is 0 Å². The summed E-state index contributed by atoms with van der Waals surface area (Å²) in [7, 11) is 4.46. The number of hydrogen-bond donors (Lipinski definition) is 1. The monoisotopic (exact) mass is 250 g/mol. The number of likely N-dealkylation sites (N-methyl/N-ethyl adjacent to an activating group) is 2. The second kappa shape index (κ2) is 4.49. The van der Waals surface area contributed by atoms with Crippen molar-refractivity contribution in [3.63, 3.8) is 0 Å². The zero-order chi connectivity index (χ0) is 12.9. The van der Waals surface area contributed by atoms with E-state index in [4.69, 9.17) is 0 Å². The van der Waals surface area contributed by atoms with Gasteiger partial charge in [-0.25, -0.2) is 0 Å². The molecule has 2 heteroatoms. The molecule has 4 bridgehead atoms. The van der Waals surface area contributed by atoms with Crippen LogP contribution < -0.4 is 5.32 Å². The van der Waals surface area contributed by atoms with Gasteiger partial charge in [-0.15, -0.1) is 0 Å². The lowest BCUT2D eigenvalue weighted by Gasteiger charge is -2.57. The van der Waals surface area contributed by atoms with Crippen LogP contribution in [-0.2, 0) is 0 Å². The van der Waals surface area contributed by atoms with E-state index >= 15 is 0 Å². The molecule has 0 saturated heterocycles. The molecule has 0 unspecified atom stereocenters. The lowest BCUT2D eigenvalue weighted by atomic mass is 9.54. The predicted molar refractivity (Wildman–Crippen MR) is 76.6 cm³/mol. The minimum atomic E-state index is 0.239. The molecule has 0 atom stereocenters. The maximum Gasteiger partial charge on any atom is 0.0249 e. The average Bonchev–Trinajstić information content (AvgIpc) is 2.26. The fourth-order valence-corrected chi connectivity index (χ4v) is 5.42. The molecule has 18 heavy (non-hydrogen) atoms. The molecular formula is C16H30N2. The van der Waals surface area contributed by atoms with E-state index in [1.54, 1.807) is 6.42 Å². The van der Waals surface area contributed by atoms with Crippen LogP contribution >= 0.6 is 0 Å². The first-order valence-electron chi connectivity index (χ1n) is 7.87. The molecule has 4 saturated carbocycles. The molecule has 2 nitrogen and oxygen atoms in total. The van der Waals surface area contributed by atoms with Crippen molar-refractivity contribution in [3.8, 4) is 0 Å². The summed E-state index contributed by atoms with van der Waals surface area (Å²) in [5.74, 6) is 4.21. The Bertz CT molecular complexity index is 282. The summed E-state index contributed by atoms with van der Waals surface area (Å²) in [4.78, 5) is 2.68. The summed E-state index contributed by atoms with van der Waals surface area (Å²) in [5, 5.41) is 3.45. The smallest absolute Gasteiger partial charge is 0.0249 e. The molecule has 104 valence electrons. The van der Waals surface area contributed by atoms with Gasteiger partial charge in [0.2, 0.25) is 0 Å². The van der Waals surface area contributed by atoms with E-state index in [0.29, 0.717) is 0 Å². The maximum absolute atomic E-state index is 3.45. The molecule has 0 amide bonds. The van der Waals surface area contributed by atoms with E-state index in [1.807, 2.05) is 0 Å². The zero-order valence-corrected chi connectivity index (χ0v) is 12.6. The Morgan fingerprint density at radius 2 is 1.50 bits per heavy atom. The summed E-state index contributed by atoms with van der Waals surface area (Å²) >= 11 is 0. The zero-order valence-electron chi connectivity index (χ0n) is 12.6. The van der Waals surface area contributed by atoms with Crippen molar-refractivity contribution >= 4 is 0 Å². The van der Waals surface area contributed by atoms with Crippen LogP contribution in [0.25, 0.3) is 0 Å². The van der Waals surface area contributed by atoms with Gasteiger partial charge in [0.25, 0.3) is 0 Å². The molecule has 0 spiro atoms. The van der Waals surface area contributed by atoms with E-state index in [0.717, 1.165) is 29.7 Å². The van der Waals surface area contributed by atoms with Gasteiger partial charge in [-0.05, 0) is 83.7 Å².